The Morgan fingerprint density at radius 3 is 2.56 bits per heavy atom. The largest absolute Gasteiger partial charge is 0.396 e. The fourth-order valence-electron chi connectivity index (χ4n) is 2.32. The molecule has 1 aliphatic rings. The summed E-state index contributed by atoms with van der Waals surface area (Å²) in [4.78, 5) is 0. The van der Waals surface area contributed by atoms with Crippen molar-refractivity contribution in [3.63, 3.8) is 0 Å². The standard InChI is InChI=1S/C12H25NO3/c1-16-9-11(5-8-14)13-10-12(15)6-3-2-4-7-12/h11,13-15H,2-10H2,1H3. The van der Waals surface area contributed by atoms with Gasteiger partial charge in [-0.15, -0.1) is 0 Å². The smallest absolute Gasteiger partial charge is 0.0771 e. The highest BCUT2D eigenvalue weighted by molar-refractivity contribution is 4.85. The molecular weight excluding hydrogens is 206 g/mol. The normalized spacial score (nSPS) is 21.9. The van der Waals surface area contributed by atoms with Gasteiger partial charge in [0.05, 0.1) is 12.2 Å². The van der Waals surface area contributed by atoms with E-state index in [4.69, 9.17) is 9.84 Å². The third-order valence-corrected chi connectivity index (χ3v) is 3.35. The molecule has 1 fully saturated rings. The van der Waals surface area contributed by atoms with Gasteiger partial charge >= 0.3 is 0 Å². The molecule has 0 aromatic carbocycles. The third kappa shape index (κ3) is 4.78. The predicted molar refractivity (Wildman–Crippen MR) is 63.4 cm³/mol. The molecule has 0 aromatic heterocycles. The average Bonchev–Trinajstić information content (AvgIpc) is 2.28. The molecule has 96 valence electrons. The molecule has 0 spiro atoms. The second-order valence-corrected chi connectivity index (χ2v) is 4.83. The quantitative estimate of drug-likeness (QED) is 0.602. The molecule has 4 heteroatoms. The number of nitrogens with one attached hydrogen (secondary N) is 1. The lowest BCUT2D eigenvalue weighted by Gasteiger charge is -2.33. The van der Waals surface area contributed by atoms with Crippen LogP contribution in [0.2, 0.25) is 0 Å². The molecule has 0 radical (unpaired) electrons. The molecule has 1 saturated carbocycles. The molecule has 0 bridgehead atoms. The summed E-state index contributed by atoms with van der Waals surface area (Å²) in [7, 11) is 1.65. The van der Waals surface area contributed by atoms with Gasteiger partial charge in [-0.25, -0.2) is 0 Å². The van der Waals surface area contributed by atoms with E-state index < -0.39 is 5.60 Å². The molecule has 1 rings (SSSR count). The van der Waals surface area contributed by atoms with Crippen molar-refractivity contribution in [2.24, 2.45) is 0 Å². The Kier molecular flexibility index (Phi) is 6.28. The van der Waals surface area contributed by atoms with Crippen molar-refractivity contribution >= 4 is 0 Å². The fraction of sp³-hybridized carbons (Fsp3) is 1.00. The molecule has 1 unspecified atom stereocenters. The van der Waals surface area contributed by atoms with Gasteiger partial charge in [-0.1, -0.05) is 19.3 Å². The van der Waals surface area contributed by atoms with Crippen molar-refractivity contribution in [2.75, 3.05) is 26.9 Å². The van der Waals surface area contributed by atoms with E-state index in [9.17, 15) is 5.11 Å². The van der Waals surface area contributed by atoms with E-state index in [1.807, 2.05) is 0 Å². The summed E-state index contributed by atoms with van der Waals surface area (Å²) in [5, 5.41) is 22.5. The Labute approximate surface area is 98.0 Å². The van der Waals surface area contributed by atoms with E-state index in [2.05, 4.69) is 5.32 Å². The highest BCUT2D eigenvalue weighted by Gasteiger charge is 2.29. The summed E-state index contributed by atoms with van der Waals surface area (Å²) in [6.45, 7) is 1.34. The van der Waals surface area contributed by atoms with E-state index in [1.165, 1.54) is 6.42 Å². The van der Waals surface area contributed by atoms with Gasteiger partial charge in [-0.3, -0.25) is 0 Å². The number of aliphatic hydroxyl groups is 2. The predicted octanol–water partition coefficient (Wildman–Crippen LogP) is 0.669. The molecule has 0 saturated heterocycles. The monoisotopic (exact) mass is 231 g/mol. The fourth-order valence-corrected chi connectivity index (χ4v) is 2.32. The van der Waals surface area contributed by atoms with Gasteiger partial charge < -0.3 is 20.3 Å². The Morgan fingerprint density at radius 2 is 2.00 bits per heavy atom. The van der Waals surface area contributed by atoms with Gasteiger partial charge in [0.1, 0.15) is 0 Å². The zero-order valence-electron chi connectivity index (χ0n) is 10.2. The van der Waals surface area contributed by atoms with E-state index in [0.717, 1.165) is 25.7 Å². The van der Waals surface area contributed by atoms with Crippen LogP contribution in [0, 0.1) is 0 Å². The van der Waals surface area contributed by atoms with Crippen LogP contribution in [0.1, 0.15) is 38.5 Å². The Hall–Kier alpha value is -0.160. The maximum atomic E-state index is 10.3. The lowest BCUT2D eigenvalue weighted by Crippen LogP contribution is -2.47. The van der Waals surface area contributed by atoms with Crippen LogP contribution in [0.15, 0.2) is 0 Å². The van der Waals surface area contributed by atoms with Gasteiger partial charge in [0, 0.05) is 26.3 Å². The van der Waals surface area contributed by atoms with Crippen LogP contribution < -0.4 is 5.32 Å². The topological polar surface area (TPSA) is 61.7 Å². The van der Waals surface area contributed by atoms with Crippen LogP contribution in [-0.4, -0.2) is 48.7 Å². The second kappa shape index (κ2) is 7.22. The number of rotatable bonds is 7. The highest BCUT2D eigenvalue weighted by atomic mass is 16.5. The van der Waals surface area contributed by atoms with Crippen LogP contribution in [0.4, 0.5) is 0 Å². The van der Waals surface area contributed by atoms with Gasteiger partial charge in [0.2, 0.25) is 0 Å². The maximum Gasteiger partial charge on any atom is 0.0771 e. The van der Waals surface area contributed by atoms with E-state index in [0.29, 0.717) is 19.6 Å². The Bertz CT molecular complexity index is 175. The van der Waals surface area contributed by atoms with Crippen molar-refractivity contribution in [3.8, 4) is 0 Å². The van der Waals surface area contributed by atoms with Crippen molar-refractivity contribution in [3.05, 3.63) is 0 Å². The summed E-state index contributed by atoms with van der Waals surface area (Å²) in [5.41, 5.74) is -0.542. The molecule has 0 aliphatic heterocycles. The molecule has 0 aromatic rings. The van der Waals surface area contributed by atoms with Gasteiger partial charge in [-0.2, -0.15) is 0 Å². The highest BCUT2D eigenvalue weighted by Crippen LogP contribution is 2.27. The molecule has 0 heterocycles. The van der Waals surface area contributed by atoms with Crippen molar-refractivity contribution < 1.29 is 14.9 Å². The number of hydrogen-bond donors (Lipinski definition) is 3. The van der Waals surface area contributed by atoms with E-state index in [-0.39, 0.29) is 12.6 Å². The summed E-state index contributed by atoms with van der Waals surface area (Å²) >= 11 is 0. The zero-order chi connectivity index (χ0) is 11.9. The first-order chi connectivity index (χ1) is 7.70. The lowest BCUT2D eigenvalue weighted by molar-refractivity contribution is -0.000690. The molecule has 1 atom stereocenters. The zero-order valence-corrected chi connectivity index (χ0v) is 10.2. The molecule has 0 amide bonds. The minimum Gasteiger partial charge on any atom is -0.396 e. The van der Waals surface area contributed by atoms with E-state index >= 15 is 0 Å². The van der Waals surface area contributed by atoms with Crippen molar-refractivity contribution in [1.29, 1.82) is 0 Å². The molecule has 3 N–H and O–H groups in total. The van der Waals surface area contributed by atoms with Crippen molar-refractivity contribution in [2.45, 2.75) is 50.2 Å². The summed E-state index contributed by atoms with van der Waals surface area (Å²) in [6.07, 6.45) is 5.92. The first kappa shape index (κ1) is 13.9. The first-order valence-corrected chi connectivity index (χ1v) is 6.26. The van der Waals surface area contributed by atoms with Gasteiger partial charge in [-0.05, 0) is 19.3 Å². The number of aliphatic hydroxyl groups excluding tert-OH is 1. The number of hydrogen-bond acceptors (Lipinski definition) is 4. The van der Waals surface area contributed by atoms with Crippen molar-refractivity contribution in [1.82, 2.24) is 5.32 Å². The Morgan fingerprint density at radius 1 is 1.31 bits per heavy atom. The maximum absolute atomic E-state index is 10.3. The molecular formula is C12H25NO3. The summed E-state index contributed by atoms with van der Waals surface area (Å²) < 4.78 is 5.07. The van der Waals surface area contributed by atoms with Gasteiger partial charge in [0.15, 0.2) is 0 Å². The second-order valence-electron chi connectivity index (χ2n) is 4.83. The number of methoxy groups -OCH3 is 1. The summed E-state index contributed by atoms with van der Waals surface area (Å²) in [5.74, 6) is 0. The number of ether oxygens (including phenoxy) is 1. The van der Waals surface area contributed by atoms with Crippen LogP contribution in [-0.2, 0) is 4.74 Å². The first-order valence-electron chi connectivity index (χ1n) is 6.26. The molecule has 16 heavy (non-hydrogen) atoms. The minimum atomic E-state index is -0.542. The van der Waals surface area contributed by atoms with Crippen LogP contribution in [0.25, 0.3) is 0 Å². The van der Waals surface area contributed by atoms with Crippen LogP contribution in [0.5, 0.6) is 0 Å². The summed E-state index contributed by atoms with van der Waals surface area (Å²) in [6, 6.07) is 0.140. The lowest BCUT2D eigenvalue weighted by atomic mass is 9.84. The minimum absolute atomic E-state index is 0.140. The van der Waals surface area contributed by atoms with E-state index in [1.54, 1.807) is 7.11 Å². The molecule has 1 aliphatic carbocycles. The Balaban J connectivity index is 2.28. The van der Waals surface area contributed by atoms with Crippen LogP contribution in [0.3, 0.4) is 0 Å². The SMILES string of the molecule is COCC(CCO)NCC1(O)CCCCC1. The third-order valence-electron chi connectivity index (χ3n) is 3.35. The van der Waals surface area contributed by atoms with Gasteiger partial charge in [0.25, 0.3) is 0 Å². The van der Waals surface area contributed by atoms with Crippen LogP contribution >= 0.6 is 0 Å². The molecule has 4 nitrogen and oxygen atoms in total. The average molecular weight is 231 g/mol.